The van der Waals surface area contributed by atoms with Gasteiger partial charge in [0.15, 0.2) is 12.2 Å². The van der Waals surface area contributed by atoms with Crippen LogP contribution >= 0.6 is 11.8 Å². The second-order valence-corrected chi connectivity index (χ2v) is 8.76. The minimum absolute atomic E-state index is 0.0811. The summed E-state index contributed by atoms with van der Waals surface area (Å²) in [6.45, 7) is 4.25. The van der Waals surface area contributed by atoms with Gasteiger partial charge in [-0.3, -0.25) is 19.0 Å². The number of carbonyl (C=O) groups is 2. The molecular weight excluding hydrogens is 440 g/mol. The summed E-state index contributed by atoms with van der Waals surface area (Å²) in [7, 11) is 1.51. The van der Waals surface area contributed by atoms with Gasteiger partial charge in [0.1, 0.15) is 5.70 Å². The van der Waals surface area contributed by atoms with Crippen LogP contribution in [-0.2, 0) is 11.8 Å². The number of hydrogen-bond acceptors (Lipinski definition) is 6. The molecule has 0 fully saturated rings. The van der Waals surface area contributed by atoms with Crippen molar-refractivity contribution in [3.8, 4) is 0 Å². The molecular formula is C24H23N4O4S+. The lowest BCUT2D eigenvalue weighted by atomic mass is 10.0. The van der Waals surface area contributed by atoms with Crippen LogP contribution in [0.5, 0.6) is 0 Å². The van der Waals surface area contributed by atoms with Crippen molar-refractivity contribution in [3.63, 3.8) is 0 Å². The molecule has 4 rings (SSSR count). The Kier molecular flexibility index (Phi) is 6.41. The number of aryl methyl sites for hydroxylation is 1. The molecule has 0 bridgehead atoms. The lowest BCUT2D eigenvalue weighted by molar-refractivity contribution is -0.741. The molecule has 1 N–H and O–H groups in total. The third-order valence-corrected chi connectivity index (χ3v) is 6.09. The van der Waals surface area contributed by atoms with Crippen LogP contribution in [0.1, 0.15) is 41.4 Å². The number of hydrogen-bond donors (Lipinski definition) is 1. The number of nitrogens with one attached hydrogen (secondary N) is 1. The number of thioether (sulfide) groups is 1. The van der Waals surface area contributed by atoms with Crippen LogP contribution in [0.15, 0.2) is 74.6 Å². The maximum absolute atomic E-state index is 13.2. The molecule has 3 aromatic rings. The van der Waals surface area contributed by atoms with Crippen molar-refractivity contribution in [1.29, 1.82) is 0 Å². The molecule has 0 spiro atoms. The minimum Gasteiger partial charge on any atom is -0.286 e. The van der Waals surface area contributed by atoms with Gasteiger partial charge in [-0.2, -0.15) is 0 Å². The van der Waals surface area contributed by atoms with E-state index in [1.54, 1.807) is 18.2 Å². The first-order valence-electron chi connectivity index (χ1n) is 10.4. The highest BCUT2D eigenvalue weighted by Crippen LogP contribution is 2.29. The van der Waals surface area contributed by atoms with E-state index < -0.39 is 11.4 Å². The van der Waals surface area contributed by atoms with Crippen molar-refractivity contribution < 1.29 is 18.8 Å². The average molecular weight is 464 g/mol. The number of anilines is 1. The molecule has 0 aliphatic carbocycles. The molecule has 2 aromatic carbocycles. The second kappa shape index (κ2) is 9.41. The number of aliphatic imine (C=N–C) groups is 1. The van der Waals surface area contributed by atoms with Gasteiger partial charge in [-0.15, -0.1) is 0 Å². The van der Waals surface area contributed by atoms with Crippen molar-refractivity contribution in [2.45, 2.75) is 19.8 Å². The number of nitrogens with zero attached hydrogens (tertiary/aromatic N) is 3. The summed E-state index contributed by atoms with van der Waals surface area (Å²) in [6.07, 6.45) is 1.73. The highest BCUT2D eigenvalue weighted by Gasteiger charge is 2.34. The second-order valence-electron chi connectivity index (χ2n) is 7.82. The summed E-state index contributed by atoms with van der Waals surface area (Å²) in [5.74, 6) is -0.378. The fraction of sp³-hybridized carbons (Fsp3) is 0.208. The number of para-hydroxylation sites is 1. The average Bonchev–Trinajstić information content (AvgIpc) is 3.31. The Balaban J connectivity index is 1.63. The largest absolute Gasteiger partial charge is 0.438 e. The maximum atomic E-state index is 13.2. The van der Waals surface area contributed by atoms with Gasteiger partial charge in [-0.05, 0) is 40.5 Å². The van der Waals surface area contributed by atoms with Gasteiger partial charge in [0.05, 0.1) is 11.4 Å². The lowest BCUT2D eigenvalue weighted by Crippen LogP contribution is -2.40. The number of amidine groups is 1. The predicted octanol–water partition coefficient (Wildman–Crippen LogP) is 3.28. The van der Waals surface area contributed by atoms with Gasteiger partial charge in [-0.25, -0.2) is 9.79 Å². The molecule has 1 aliphatic rings. The lowest BCUT2D eigenvalue weighted by Gasteiger charge is -2.17. The van der Waals surface area contributed by atoms with Crippen LogP contribution in [0.25, 0.3) is 6.08 Å². The normalized spacial score (nSPS) is 14.9. The van der Waals surface area contributed by atoms with E-state index >= 15 is 0 Å². The Morgan fingerprint density at radius 1 is 1.15 bits per heavy atom. The zero-order valence-electron chi connectivity index (χ0n) is 18.4. The van der Waals surface area contributed by atoms with Crippen LogP contribution in [0.2, 0.25) is 0 Å². The predicted molar refractivity (Wildman–Crippen MR) is 127 cm³/mol. The van der Waals surface area contributed by atoms with Crippen molar-refractivity contribution in [3.05, 3.63) is 87.5 Å². The fourth-order valence-electron chi connectivity index (χ4n) is 3.37. The van der Waals surface area contributed by atoms with E-state index in [4.69, 9.17) is 0 Å². The maximum Gasteiger partial charge on any atom is 0.438 e. The first-order valence-corrected chi connectivity index (χ1v) is 11.4. The highest BCUT2D eigenvalue weighted by molar-refractivity contribution is 8.14. The number of Topliss-reactive ketones (excluding diaryl/α,β-unsaturated/α-hetero) is 1. The molecule has 0 saturated carbocycles. The number of H-pyrrole nitrogens is 1. The number of carbonyl (C=O) groups excluding carboxylic acids is 2. The van der Waals surface area contributed by atoms with E-state index in [9.17, 15) is 14.4 Å². The van der Waals surface area contributed by atoms with Crippen molar-refractivity contribution >= 4 is 40.4 Å². The summed E-state index contributed by atoms with van der Waals surface area (Å²) in [4.78, 5) is 43.6. The van der Waals surface area contributed by atoms with E-state index in [1.165, 1.54) is 22.2 Å². The molecule has 0 atom stereocenters. The fourth-order valence-corrected chi connectivity index (χ4v) is 4.25. The molecule has 33 heavy (non-hydrogen) atoms. The van der Waals surface area contributed by atoms with Gasteiger partial charge in [0.2, 0.25) is 5.78 Å². The van der Waals surface area contributed by atoms with E-state index in [2.05, 4.69) is 28.6 Å². The van der Waals surface area contributed by atoms with Crippen molar-refractivity contribution in [2.75, 3.05) is 10.7 Å². The smallest absolute Gasteiger partial charge is 0.286 e. The number of amides is 1. The molecule has 168 valence electrons. The first-order chi connectivity index (χ1) is 15.8. The third kappa shape index (κ3) is 4.73. The Morgan fingerprint density at radius 2 is 1.85 bits per heavy atom. The van der Waals surface area contributed by atoms with Crippen molar-refractivity contribution in [2.24, 2.45) is 12.0 Å². The van der Waals surface area contributed by atoms with Gasteiger partial charge in [0.25, 0.3) is 5.91 Å². The minimum atomic E-state index is -0.738. The summed E-state index contributed by atoms with van der Waals surface area (Å²) in [6, 6.07) is 17.1. The number of benzene rings is 2. The van der Waals surface area contributed by atoms with Gasteiger partial charge in [-0.1, -0.05) is 72.8 Å². The Hall–Kier alpha value is -3.72. The van der Waals surface area contributed by atoms with Gasteiger partial charge in [0, 0.05) is 0 Å². The molecule has 0 radical (unpaired) electrons. The van der Waals surface area contributed by atoms with Crippen LogP contribution in [0, 0.1) is 0 Å². The SMILES string of the molecule is CC(C)c1ccc(/C=C2/N=C(SCC(=O)c3c(=O)o[nH][n+]3C)N(c3ccccc3)C2=O)cc1. The number of aromatic nitrogens is 2. The number of aromatic amines is 1. The van der Waals surface area contributed by atoms with Gasteiger partial charge < -0.3 is 0 Å². The zero-order chi connectivity index (χ0) is 23.5. The van der Waals surface area contributed by atoms with E-state index in [-0.39, 0.29) is 23.1 Å². The Morgan fingerprint density at radius 3 is 2.45 bits per heavy atom. The van der Waals surface area contributed by atoms with Crippen LogP contribution in [-0.4, -0.2) is 27.9 Å². The standard InChI is InChI=1S/C24H22N4O4S/c1-15(2)17-11-9-16(10-12-17)13-19-22(30)28(18-7-5-4-6-8-18)24(25-19)33-14-20(29)21-23(31)32-26-27(21)3/h4-13,15H,14H2,1-3H3/p+1/b19-13+. The monoisotopic (exact) mass is 463 g/mol. The van der Waals surface area contributed by atoms with Gasteiger partial charge >= 0.3 is 11.3 Å². The quantitative estimate of drug-likeness (QED) is 0.344. The summed E-state index contributed by atoms with van der Waals surface area (Å²) >= 11 is 1.09. The highest BCUT2D eigenvalue weighted by atomic mass is 32.2. The van der Waals surface area contributed by atoms with Crippen LogP contribution in [0.4, 0.5) is 5.69 Å². The topological polar surface area (TPSA) is 99.6 Å². The third-order valence-electron chi connectivity index (χ3n) is 5.15. The Bertz CT molecular complexity index is 1300. The molecule has 8 nitrogen and oxygen atoms in total. The van der Waals surface area contributed by atoms with E-state index in [1.807, 2.05) is 42.5 Å². The zero-order valence-corrected chi connectivity index (χ0v) is 19.3. The number of ketones is 1. The van der Waals surface area contributed by atoms with Crippen molar-refractivity contribution in [1.82, 2.24) is 5.27 Å². The summed E-state index contributed by atoms with van der Waals surface area (Å²) < 4.78 is 5.88. The van der Waals surface area contributed by atoms with Crippen LogP contribution < -0.4 is 15.2 Å². The molecule has 0 saturated heterocycles. The van der Waals surface area contributed by atoms with Crippen LogP contribution in [0.3, 0.4) is 0 Å². The van der Waals surface area contributed by atoms with E-state index in [0.29, 0.717) is 16.8 Å². The molecule has 1 aromatic heterocycles. The molecule has 2 heterocycles. The molecule has 0 unspecified atom stereocenters. The Labute approximate surface area is 194 Å². The molecule has 1 aliphatic heterocycles. The summed E-state index contributed by atoms with van der Waals surface area (Å²) in [5.41, 5.74) is 2.15. The summed E-state index contributed by atoms with van der Waals surface area (Å²) in [5, 5.41) is 2.70. The van der Waals surface area contributed by atoms with E-state index in [0.717, 1.165) is 17.3 Å². The molecule has 9 heteroatoms. The first kappa shape index (κ1) is 22.5. The number of rotatable bonds is 6. The molecule has 1 amide bonds.